The summed E-state index contributed by atoms with van der Waals surface area (Å²) in [5, 5.41) is 7.58. The van der Waals surface area contributed by atoms with Gasteiger partial charge in [-0.1, -0.05) is 13.8 Å². The third-order valence-corrected chi connectivity index (χ3v) is 3.67. The molecule has 6 heteroatoms. The fourth-order valence-electron chi connectivity index (χ4n) is 1.63. The predicted octanol–water partition coefficient (Wildman–Crippen LogP) is 0.982. The Labute approximate surface area is 109 Å². The van der Waals surface area contributed by atoms with E-state index >= 15 is 0 Å². The van der Waals surface area contributed by atoms with Crippen molar-refractivity contribution in [3.8, 4) is 0 Å². The highest BCUT2D eigenvalue weighted by Crippen LogP contribution is 2.07. The minimum absolute atomic E-state index is 0.133. The van der Waals surface area contributed by atoms with Crippen molar-refractivity contribution < 1.29 is 8.42 Å². The number of nitrogens with one attached hydrogen (secondary N) is 1. The van der Waals surface area contributed by atoms with Crippen molar-refractivity contribution >= 4 is 9.84 Å². The first-order valence-electron chi connectivity index (χ1n) is 6.19. The summed E-state index contributed by atoms with van der Waals surface area (Å²) in [6, 6.07) is 0. The molecular weight excluding hydrogens is 250 g/mol. The molecule has 18 heavy (non-hydrogen) atoms. The molecule has 1 aromatic heterocycles. The first-order valence-corrected chi connectivity index (χ1v) is 8.25. The van der Waals surface area contributed by atoms with Crippen LogP contribution in [0.15, 0.2) is 6.20 Å². The van der Waals surface area contributed by atoms with Gasteiger partial charge in [-0.05, 0) is 19.4 Å². The molecule has 0 aromatic carbocycles. The Morgan fingerprint density at radius 3 is 2.67 bits per heavy atom. The van der Waals surface area contributed by atoms with Gasteiger partial charge in [0.15, 0.2) is 0 Å². The molecule has 0 saturated heterocycles. The van der Waals surface area contributed by atoms with Crippen LogP contribution in [0.5, 0.6) is 0 Å². The lowest BCUT2D eigenvalue weighted by atomic mass is 10.2. The molecular formula is C12H23N3O2S. The van der Waals surface area contributed by atoms with E-state index in [1.807, 2.05) is 13.1 Å². The van der Waals surface area contributed by atoms with Crippen molar-refractivity contribution in [1.82, 2.24) is 15.1 Å². The maximum atomic E-state index is 11.1. The van der Waals surface area contributed by atoms with E-state index in [4.69, 9.17) is 0 Å². The summed E-state index contributed by atoms with van der Waals surface area (Å²) in [5.41, 5.74) is 2.17. The molecule has 0 radical (unpaired) electrons. The summed E-state index contributed by atoms with van der Waals surface area (Å²) in [6.07, 6.45) is 3.06. The molecule has 0 amide bonds. The topological polar surface area (TPSA) is 64.0 Å². The maximum Gasteiger partial charge on any atom is 0.149 e. The lowest BCUT2D eigenvalue weighted by Crippen LogP contribution is -2.19. The third kappa shape index (κ3) is 5.18. The number of sulfone groups is 1. The van der Waals surface area contributed by atoms with Gasteiger partial charge in [0.25, 0.3) is 0 Å². The zero-order valence-corrected chi connectivity index (χ0v) is 12.4. The van der Waals surface area contributed by atoms with E-state index in [0.717, 1.165) is 24.3 Å². The van der Waals surface area contributed by atoms with Crippen LogP contribution >= 0.6 is 0 Å². The van der Waals surface area contributed by atoms with E-state index in [1.165, 1.54) is 6.26 Å². The molecule has 0 aliphatic carbocycles. The monoisotopic (exact) mass is 273 g/mol. The Bertz CT molecular complexity index is 478. The van der Waals surface area contributed by atoms with Crippen molar-refractivity contribution in [2.24, 2.45) is 5.92 Å². The van der Waals surface area contributed by atoms with Crippen LogP contribution in [0.1, 0.15) is 25.1 Å². The maximum absolute atomic E-state index is 11.1. The predicted molar refractivity (Wildman–Crippen MR) is 73.2 cm³/mol. The molecule has 0 aliphatic rings. The molecule has 0 saturated carbocycles. The Morgan fingerprint density at radius 2 is 2.11 bits per heavy atom. The molecule has 0 fully saturated rings. The van der Waals surface area contributed by atoms with Gasteiger partial charge >= 0.3 is 0 Å². The molecule has 5 nitrogen and oxygen atoms in total. The van der Waals surface area contributed by atoms with Gasteiger partial charge in [0, 0.05) is 24.1 Å². The average Bonchev–Trinajstić information content (AvgIpc) is 2.56. The second-order valence-corrected chi connectivity index (χ2v) is 7.39. The van der Waals surface area contributed by atoms with E-state index in [-0.39, 0.29) is 5.75 Å². The molecule has 1 aromatic rings. The molecule has 104 valence electrons. The molecule has 0 unspecified atom stereocenters. The summed E-state index contributed by atoms with van der Waals surface area (Å²) in [6.45, 7) is 8.47. The van der Waals surface area contributed by atoms with E-state index in [9.17, 15) is 8.42 Å². The summed E-state index contributed by atoms with van der Waals surface area (Å²) in [7, 11) is -2.93. The van der Waals surface area contributed by atoms with Gasteiger partial charge in [0.05, 0.1) is 18.5 Å². The summed E-state index contributed by atoms with van der Waals surface area (Å²) >= 11 is 0. The number of aromatic nitrogens is 2. The smallest absolute Gasteiger partial charge is 0.149 e. The Morgan fingerprint density at radius 1 is 1.44 bits per heavy atom. The first kappa shape index (κ1) is 15.2. The van der Waals surface area contributed by atoms with E-state index in [0.29, 0.717) is 12.5 Å². The van der Waals surface area contributed by atoms with E-state index in [1.54, 1.807) is 4.68 Å². The number of rotatable bonds is 7. The average molecular weight is 273 g/mol. The van der Waals surface area contributed by atoms with E-state index in [2.05, 4.69) is 24.3 Å². The van der Waals surface area contributed by atoms with Gasteiger partial charge < -0.3 is 5.32 Å². The van der Waals surface area contributed by atoms with Crippen LogP contribution in [0, 0.1) is 12.8 Å². The van der Waals surface area contributed by atoms with Crippen LogP contribution in [0.4, 0.5) is 0 Å². The minimum Gasteiger partial charge on any atom is -0.312 e. The van der Waals surface area contributed by atoms with Crippen LogP contribution in [-0.2, 0) is 22.9 Å². The van der Waals surface area contributed by atoms with Crippen molar-refractivity contribution in [3.05, 3.63) is 17.5 Å². The van der Waals surface area contributed by atoms with Crippen LogP contribution < -0.4 is 5.32 Å². The SMILES string of the molecule is Cc1c(CNCC(C)C)cnn1CCS(C)(=O)=O. The lowest BCUT2D eigenvalue weighted by Gasteiger charge is -2.07. The van der Waals surface area contributed by atoms with Gasteiger partial charge in [-0.3, -0.25) is 4.68 Å². The number of hydrogen-bond donors (Lipinski definition) is 1. The van der Waals surface area contributed by atoms with Crippen LogP contribution in [0.2, 0.25) is 0 Å². The number of aryl methyl sites for hydroxylation is 1. The fraction of sp³-hybridized carbons (Fsp3) is 0.750. The number of hydrogen-bond acceptors (Lipinski definition) is 4. The quantitative estimate of drug-likeness (QED) is 0.804. The third-order valence-electron chi connectivity index (χ3n) is 2.75. The molecule has 0 bridgehead atoms. The Hall–Kier alpha value is -0.880. The van der Waals surface area contributed by atoms with Crippen molar-refractivity contribution in [2.75, 3.05) is 18.6 Å². The zero-order valence-electron chi connectivity index (χ0n) is 11.6. The van der Waals surface area contributed by atoms with Gasteiger partial charge in [-0.2, -0.15) is 5.10 Å². The Balaban J connectivity index is 2.55. The van der Waals surface area contributed by atoms with Gasteiger partial charge in [0.2, 0.25) is 0 Å². The highest BCUT2D eigenvalue weighted by Gasteiger charge is 2.09. The summed E-state index contributed by atoms with van der Waals surface area (Å²) in [5.74, 6) is 0.750. The van der Waals surface area contributed by atoms with Crippen molar-refractivity contribution in [1.29, 1.82) is 0 Å². The minimum atomic E-state index is -2.93. The van der Waals surface area contributed by atoms with Crippen molar-refractivity contribution in [2.45, 2.75) is 33.9 Å². The lowest BCUT2D eigenvalue weighted by molar-refractivity contribution is 0.550. The van der Waals surface area contributed by atoms with Crippen LogP contribution in [0.25, 0.3) is 0 Å². The largest absolute Gasteiger partial charge is 0.312 e. The highest BCUT2D eigenvalue weighted by atomic mass is 32.2. The molecule has 0 atom stereocenters. The van der Waals surface area contributed by atoms with E-state index < -0.39 is 9.84 Å². The Kier molecular flexibility index (Phi) is 5.34. The van der Waals surface area contributed by atoms with Gasteiger partial charge in [-0.25, -0.2) is 8.42 Å². The number of nitrogens with zero attached hydrogens (tertiary/aromatic N) is 2. The van der Waals surface area contributed by atoms with Gasteiger partial charge in [-0.15, -0.1) is 0 Å². The highest BCUT2D eigenvalue weighted by molar-refractivity contribution is 7.90. The zero-order chi connectivity index (χ0) is 13.8. The van der Waals surface area contributed by atoms with Crippen LogP contribution in [0.3, 0.4) is 0 Å². The molecule has 1 rings (SSSR count). The molecule has 1 N–H and O–H groups in total. The molecule has 0 aliphatic heterocycles. The fourth-order valence-corrected chi connectivity index (χ4v) is 2.14. The van der Waals surface area contributed by atoms with Crippen LogP contribution in [-0.4, -0.2) is 36.8 Å². The molecule has 0 spiro atoms. The summed E-state index contributed by atoms with van der Waals surface area (Å²) in [4.78, 5) is 0. The molecule has 1 heterocycles. The van der Waals surface area contributed by atoms with Crippen molar-refractivity contribution in [3.63, 3.8) is 0 Å². The standard InChI is InChI=1S/C12H23N3O2S/c1-10(2)7-13-8-12-9-14-15(11(12)3)5-6-18(4,16)17/h9-10,13H,5-8H2,1-4H3. The summed E-state index contributed by atoms with van der Waals surface area (Å²) < 4.78 is 24.0. The second kappa shape index (κ2) is 6.33. The van der Waals surface area contributed by atoms with Gasteiger partial charge in [0.1, 0.15) is 9.84 Å². The first-order chi connectivity index (χ1) is 8.29. The second-order valence-electron chi connectivity index (χ2n) is 5.13. The normalized spacial score (nSPS) is 12.3.